The molecule has 2 N–H and O–H groups in total. The van der Waals surface area contributed by atoms with Gasteiger partial charge in [0.2, 0.25) is 0 Å². The Hall–Kier alpha value is -3.10. The summed E-state index contributed by atoms with van der Waals surface area (Å²) < 4.78 is 0. The fourth-order valence-electron chi connectivity index (χ4n) is 1.52. The molecule has 0 aliphatic rings. The first-order valence-electron chi connectivity index (χ1n) is 5.48. The van der Waals surface area contributed by atoms with Crippen LogP contribution in [-0.4, -0.2) is 26.3 Å². The highest BCUT2D eigenvalue weighted by atomic mass is 16.7. The predicted molar refractivity (Wildman–Crippen MR) is 67.9 cm³/mol. The van der Waals surface area contributed by atoms with E-state index in [4.69, 9.17) is 0 Å². The number of anilines is 1. The summed E-state index contributed by atoms with van der Waals surface area (Å²) in [4.78, 5) is 42.2. The smallest absolute Gasteiger partial charge is 0.265 e. The second-order valence-electron chi connectivity index (χ2n) is 3.84. The van der Waals surface area contributed by atoms with Crippen LogP contribution >= 0.6 is 0 Å². The van der Waals surface area contributed by atoms with Gasteiger partial charge in [0, 0.05) is 24.4 Å². The number of hydrogen-bond donors (Lipinski definition) is 2. The number of aromatic nitrogens is 3. The summed E-state index contributed by atoms with van der Waals surface area (Å²) in [6, 6.07) is 3.20. The normalized spacial score (nSPS) is 10.0. The lowest BCUT2D eigenvalue weighted by Crippen LogP contribution is -2.19. The summed E-state index contributed by atoms with van der Waals surface area (Å²) in [7, 11) is 0. The van der Waals surface area contributed by atoms with Gasteiger partial charge < -0.3 is 0 Å². The van der Waals surface area contributed by atoms with Gasteiger partial charge in [0.25, 0.3) is 11.5 Å². The number of carbonyl (C=O) groups is 1. The highest BCUT2D eigenvalue weighted by Crippen LogP contribution is 2.05. The van der Waals surface area contributed by atoms with Crippen LogP contribution in [0.3, 0.4) is 0 Å². The van der Waals surface area contributed by atoms with Crippen LogP contribution < -0.4 is 11.0 Å². The van der Waals surface area contributed by atoms with Crippen LogP contribution in [0.25, 0.3) is 0 Å². The quantitative estimate of drug-likeness (QED) is 0.451. The molecule has 0 saturated carbocycles. The molecule has 0 amide bonds. The minimum Gasteiger partial charge on any atom is -0.296 e. The van der Waals surface area contributed by atoms with E-state index < -0.39 is 10.6 Å². The third-order valence-corrected chi connectivity index (χ3v) is 2.43. The maximum absolute atomic E-state index is 11.7. The van der Waals surface area contributed by atoms with Gasteiger partial charge in [-0.2, -0.15) is 0 Å². The number of nitro groups is 1. The standard InChI is InChI=1S/C11H9N5O4/c17-6-9-2-1-7(4-12-9)3-8-5-13-11(14-10(8)18)15-16(19)20/h1-2,4-6H,3H2,(H2,13,14,15,18). The van der Waals surface area contributed by atoms with Crippen LogP contribution in [0, 0.1) is 10.1 Å². The number of carbonyl (C=O) groups excluding carboxylic acids is 1. The topological polar surface area (TPSA) is 131 Å². The molecule has 2 heterocycles. The van der Waals surface area contributed by atoms with Gasteiger partial charge in [-0.05, 0) is 11.6 Å². The van der Waals surface area contributed by atoms with Crippen LogP contribution in [0.4, 0.5) is 5.95 Å². The Morgan fingerprint density at radius 3 is 2.70 bits per heavy atom. The molecule has 2 aromatic rings. The van der Waals surface area contributed by atoms with Crippen LogP contribution in [0.2, 0.25) is 0 Å². The molecule has 0 spiro atoms. The van der Waals surface area contributed by atoms with Gasteiger partial charge in [0.1, 0.15) is 5.69 Å². The minimum absolute atomic E-state index is 0.238. The number of aromatic amines is 1. The average molecular weight is 275 g/mol. The fourth-order valence-corrected chi connectivity index (χ4v) is 1.52. The van der Waals surface area contributed by atoms with Crippen LogP contribution in [0.5, 0.6) is 0 Å². The number of pyridine rings is 1. The zero-order valence-electron chi connectivity index (χ0n) is 10.1. The van der Waals surface area contributed by atoms with E-state index in [-0.39, 0.29) is 12.4 Å². The van der Waals surface area contributed by atoms with Gasteiger partial charge in [0.15, 0.2) is 11.3 Å². The number of aldehydes is 1. The van der Waals surface area contributed by atoms with Crippen molar-refractivity contribution < 1.29 is 9.83 Å². The van der Waals surface area contributed by atoms with Gasteiger partial charge in [0.05, 0.1) is 0 Å². The van der Waals surface area contributed by atoms with Crippen molar-refractivity contribution in [3.05, 3.63) is 61.8 Å². The number of hydrogen-bond acceptors (Lipinski definition) is 6. The van der Waals surface area contributed by atoms with Crippen LogP contribution in [-0.2, 0) is 6.42 Å². The van der Waals surface area contributed by atoms with E-state index in [0.717, 1.165) is 5.56 Å². The molecule has 102 valence electrons. The Balaban J connectivity index is 2.18. The molecule has 2 rings (SSSR count). The molecule has 0 aliphatic carbocycles. The number of hydrazine groups is 1. The Morgan fingerprint density at radius 2 is 2.15 bits per heavy atom. The van der Waals surface area contributed by atoms with E-state index in [2.05, 4.69) is 15.0 Å². The van der Waals surface area contributed by atoms with Gasteiger partial charge >= 0.3 is 0 Å². The SMILES string of the molecule is O=Cc1ccc(Cc2cnc(N[N+](=O)[O-])[nH]c2=O)cn1. The molecule has 0 fully saturated rings. The van der Waals surface area contributed by atoms with Crippen molar-refractivity contribution in [3.8, 4) is 0 Å². The molecule has 0 atom stereocenters. The van der Waals surface area contributed by atoms with Crippen molar-refractivity contribution in [2.24, 2.45) is 0 Å². The average Bonchev–Trinajstić information content (AvgIpc) is 2.42. The second kappa shape index (κ2) is 5.69. The minimum atomic E-state index is -0.819. The molecule has 9 heteroatoms. The monoisotopic (exact) mass is 275 g/mol. The molecule has 0 bridgehead atoms. The summed E-state index contributed by atoms with van der Waals surface area (Å²) >= 11 is 0. The molecule has 0 unspecified atom stereocenters. The van der Waals surface area contributed by atoms with Crippen molar-refractivity contribution in [2.75, 3.05) is 5.43 Å². The Labute approximate surface area is 111 Å². The summed E-state index contributed by atoms with van der Waals surface area (Å²) in [5.74, 6) is -0.238. The van der Waals surface area contributed by atoms with Crippen molar-refractivity contribution in [2.45, 2.75) is 6.42 Å². The third-order valence-electron chi connectivity index (χ3n) is 2.43. The Kier molecular flexibility index (Phi) is 3.80. The van der Waals surface area contributed by atoms with E-state index in [1.165, 1.54) is 18.5 Å². The number of H-pyrrole nitrogens is 1. The van der Waals surface area contributed by atoms with Gasteiger partial charge in [-0.3, -0.25) is 19.6 Å². The largest absolute Gasteiger partial charge is 0.296 e. The number of rotatable bonds is 5. The molecule has 9 nitrogen and oxygen atoms in total. The molecular weight excluding hydrogens is 266 g/mol. The molecule has 0 aliphatic heterocycles. The first-order valence-corrected chi connectivity index (χ1v) is 5.48. The van der Waals surface area contributed by atoms with E-state index in [0.29, 0.717) is 17.5 Å². The lowest BCUT2D eigenvalue weighted by molar-refractivity contribution is -0.446. The van der Waals surface area contributed by atoms with Crippen LogP contribution in [0.15, 0.2) is 29.3 Å². The summed E-state index contributed by atoms with van der Waals surface area (Å²) in [5, 5.41) is 9.39. The maximum Gasteiger partial charge on any atom is 0.265 e. The molecular formula is C11H9N5O4. The number of nitrogens with zero attached hydrogens (tertiary/aromatic N) is 3. The van der Waals surface area contributed by atoms with Gasteiger partial charge in [-0.15, -0.1) is 0 Å². The maximum atomic E-state index is 11.7. The summed E-state index contributed by atoms with van der Waals surface area (Å²) in [6.45, 7) is 0. The van der Waals surface area contributed by atoms with E-state index in [1.54, 1.807) is 11.5 Å². The molecule has 0 saturated heterocycles. The number of nitrogens with one attached hydrogen (secondary N) is 2. The highest BCUT2D eigenvalue weighted by molar-refractivity contribution is 5.71. The summed E-state index contributed by atoms with van der Waals surface area (Å²) in [5.41, 5.74) is 2.62. The van der Waals surface area contributed by atoms with Crippen molar-refractivity contribution in [3.63, 3.8) is 0 Å². The van der Waals surface area contributed by atoms with E-state index >= 15 is 0 Å². The van der Waals surface area contributed by atoms with E-state index in [1.807, 2.05) is 0 Å². The van der Waals surface area contributed by atoms with Gasteiger partial charge in [-0.25, -0.2) is 15.1 Å². The lowest BCUT2D eigenvalue weighted by atomic mass is 10.1. The molecule has 20 heavy (non-hydrogen) atoms. The van der Waals surface area contributed by atoms with Gasteiger partial charge in [-0.1, -0.05) is 11.5 Å². The predicted octanol–water partition coefficient (Wildman–Crippen LogP) is 0.172. The zero-order chi connectivity index (χ0) is 14.5. The van der Waals surface area contributed by atoms with E-state index in [9.17, 15) is 19.7 Å². The molecule has 0 aromatic carbocycles. The second-order valence-corrected chi connectivity index (χ2v) is 3.84. The third kappa shape index (κ3) is 3.22. The van der Waals surface area contributed by atoms with Crippen molar-refractivity contribution >= 4 is 12.2 Å². The van der Waals surface area contributed by atoms with Crippen molar-refractivity contribution in [1.82, 2.24) is 15.0 Å². The molecule has 2 aromatic heterocycles. The van der Waals surface area contributed by atoms with Crippen LogP contribution in [0.1, 0.15) is 21.6 Å². The zero-order valence-corrected chi connectivity index (χ0v) is 10.1. The van der Waals surface area contributed by atoms with Crippen molar-refractivity contribution in [1.29, 1.82) is 0 Å². The fraction of sp³-hybridized carbons (Fsp3) is 0.0909. The first kappa shape index (κ1) is 13.3. The molecule has 0 radical (unpaired) electrons. The Bertz CT molecular complexity index is 695. The first-order chi connectivity index (χ1) is 9.58. The lowest BCUT2D eigenvalue weighted by Gasteiger charge is -2.02. The highest BCUT2D eigenvalue weighted by Gasteiger charge is 2.07. The Morgan fingerprint density at radius 1 is 1.35 bits per heavy atom. The summed E-state index contributed by atoms with van der Waals surface area (Å²) in [6.07, 6.45) is 3.61.